The van der Waals surface area contributed by atoms with Gasteiger partial charge in [-0.25, -0.2) is 0 Å². The molecule has 100 valence electrons. The molecule has 3 nitrogen and oxygen atoms in total. The summed E-state index contributed by atoms with van der Waals surface area (Å²) in [6.07, 6.45) is 3.90. The molecule has 1 fully saturated rings. The van der Waals surface area contributed by atoms with Crippen LogP contribution in [0.4, 0.5) is 0 Å². The van der Waals surface area contributed by atoms with Crippen LogP contribution in [0.15, 0.2) is 18.5 Å². The molecule has 0 amide bonds. The Morgan fingerprint density at radius 3 is 2.56 bits per heavy atom. The molecule has 0 saturated carbocycles. The summed E-state index contributed by atoms with van der Waals surface area (Å²) in [5.74, 6) is 0.105. The molecule has 0 radical (unpaired) electrons. The zero-order chi connectivity index (χ0) is 13.6. The van der Waals surface area contributed by atoms with E-state index in [4.69, 9.17) is 4.74 Å². The number of pyridine rings is 1. The molecule has 2 atom stereocenters. The summed E-state index contributed by atoms with van der Waals surface area (Å²) in [7, 11) is 0. The number of aromatic nitrogens is 1. The molecular weight excluding hydrogens is 226 g/mol. The van der Waals surface area contributed by atoms with Crippen LogP contribution >= 0.6 is 0 Å². The van der Waals surface area contributed by atoms with Gasteiger partial charge in [0.15, 0.2) is 0 Å². The van der Waals surface area contributed by atoms with Crippen LogP contribution in [0.1, 0.15) is 51.3 Å². The summed E-state index contributed by atoms with van der Waals surface area (Å²) in [5.41, 5.74) is 1.52. The van der Waals surface area contributed by atoms with Crippen LogP contribution in [0.25, 0.3) is 0 Å². The fourth-order valence-electron chi connectivity index (χ4n) is 3.13. The Kier molecular flexibility index (Phi) is 3.24. The molecule has 1 saturated heterocycles. The van der Waals surface area contributed by atoms with Gasteiger partial charge in [-0.2, -0.15) is 0 Å². The highest BCUT2D eigenvalue weighted by molar-refractivity contribution is 5.25. The molecule has 1 aliphatic rings. The number of nitrogens with zero attached hydrogens (tertiary/aromatic N) is 1. The smallest absolute Gasteiger partial charge is 0.0850 e. The maximum Gasteiger partial charge on any atom is 0.0850 e. The first-order chi connectivity index (χ1) is 8.23. The molecule has 1 aromatic rings. The molecule has 3 heteroatoms. The van der Waals surface area contributed by atoms with Gasteiger partial charge in [-0.15, -0.1) is 0 Å². The topological polar surface area (TPSA) is 42.4 Å². The lowest BCUT2D eigenvalue weighted by Crippen LogP contribution is -2.32. The highest BCUT2D eigenvalue weighted by atomic mass is 16.5. The Labute approximate surface area is 109 Å². The van der Waals surface area contributed by atoms with Crippen molar-refractivity contribution in [2.45, 2.75) is 58.3 Å². The van der Waals surface area contributed by atoms with Gasteiger partial charge in [-0.05, 0) is 58.2 Å². The largest absolute Gasteiger partial charge is 0.388 e. The summed E-state index contributed by atoms with van der Waals surface area (Å²) in [4.78, 5) is 4.08. The zero-order valence-electron chi connectivity index (χ0n) is 11.9. The Balaban J connectivity index is 2.30. The summed E-state index contributed by atoms with van der Waals surface area (Å²) in [5, 5.41) is 10.7. The molecule has 2 heterocycles. The van der Waals surface area contributed by atoms with E-state index in [1.54, 1.807) is 12.4 Å². The molecule has 1 aliphatic heterocycles. The number of aryl methyl sites for hydroxylation is 1. The first-order valence-corrected chi connectivity index (χ1v) is 6.52. The van der Waals surface area contributed by atoms with Crippen molar-refractivity contribution in [3.63, 3.8) is 0 Å². The van der Waals surface area contributed by atoms with E-state index in [2.05, 4.69) is 32.7 Å². The van der Waals surface area contributed by atoms with E-state index in [0.29, 0.717) is 0 Å². The van der Waals surface area contributed by atoms with Crippen molar-refractivity contribution < 1.29 is 9.84 Å². The predicted octanol–water partition coefficient (Wildman–Crippen LogP) is 3.02. The Morgan fingerprint density at radius 2 is 2.06 bits per heavy atom. The molecule has 0 bridgehead atoms. The number of aliphatic hydroxyl groups is 1. The van der Waals surface area contributed by atoms with Crippen LogP contribution in [0.2, 0.25) is 0 Å². The van der Waals surface area contributed by atoms with E-state index >= 15 is 0 Å². The average molecular weight is 249 g/mol. The Hall–Kier alpha value is -0.930. The van der Waals surface area contributed by atoms with E-state index in [0.717, 1.165) is 17.5 Å². The van der Waals surface area contributed by atoms with Crippen molar-refractivity contribution in [2.24, 2.45) is 5.92 Å². The van der Waals surface area contributed by atoms with Gasteiger partial charge in [0.25, 0.3) is 0 Å². The molecule has 2 unspecified atom stereocenters. The van der Waals surface area contributed by atoms with Crippen molar-refractivity contribution in [1.82, 2.24) is 4.98 Å². The number of hydrogen-bond donors (Lipinski definition) is 1. The summed E-state index contributed by atoms with van der Waals surface area (Å²) in [6, 6.07) is 1.90. The third-order valence-corrected chi connectivity index (χ3v) is 3.91. The lowest BCUT2D eigenvalue weighted by Gasteiger charge is -2.31. The van der Waals surface area contributed by atoms with Crippen molar-refractivity contribution in [3.8, 4) is 0 Å². The normalized spacial score (nSPS) is 27.1. The predicted molar refractivity (Wildman–Crippen MR) is 71.3 cm³/mol. The van der Waals surface area contributed by atoms with Crippen LogP contribution in [-0.4, -0.2) is 21.3 Å². The van der Waals surface area contributed by atoms with E-state index in [1.807, 2.05) is 13.0 Å². The molecule has 0 spiro atoms. The minimum atomic E-state index is -0.496. The van der Waals surface area contributed by atoms with Crippen molar-refractivity contribution in [2.75, 3.05) is 0 Å². The van der Waals surface area contributed by atoms with E-state index in [9.17, 15) is 5.11 Å². The molecular formula is C15H23NO2. The maximum atomic E-state index is 10.7. The van der Waals surface area contributed by atoms with E-state index < -0.39 is 6.10 Å². The second-order valence-electron chi connectivity index (χ2n) is 6.45. The quantitative estimate of drug-likeness (QED) is 0.876. The van der Waals surface area contributed by atoms with Gasteiger partial charge in [0, 0.05) is 18.3 Å². The van der Waals surface area contributed by atoms with Gasteiger partial charge < -0.3 is 9.84 Å². The van der Waals surface area contributed by atoms with Crippen LogP contribution in [0.5, 0.6) is 0 Å². The highest BCUT2D eigenvalue weighted by Gasteiger charge is 2.49. The molecule has 2 rings (SSSR count). The number of rotatable bonds is 2. The first kappa shape index (κ1) is 13.5. The van der Waals surface area contributed by atoms with Crippen molar-refractivity contribution in [3.05, 3.63) is 29.6 Å². The fraction of sp³-hybridized carbons (Fsp3) is 0.667. The van der Waals surface area contributed by atoms with Crippen LogP contribution in [-0.2, 0) is 4.74 Å². The highest BCUT2D eigenvalue weighted by Crippen LogP contribution is 2.47. The summed E-state index contributed by atoms with van der Waals surface area (Å²) >= 11 is 0. The average Bonchev–Trinajstić information content (AvgIpc) is 2.46. The second kappa shape index (κ2) is 4.32. The minimum Gasteiger partial charge on any atom is -0.388 e. The van der Waals surface area contributed by atoms with Gasteiger partial charge >= 0.3 is 0 Å². The molecule has 1 N–H and O–H groups in total. The van der Waals surface area contributed by atoms with Crippen LogP contribution in [0.3, 0.4) is 0 Å². The summed E-state index contributed by atoms with van der Waals surface area (Å²) in [6.45, 7) is 10.3. The SMILES string of the molecule is Cc1cnccc1C(O)C1CC(C)(C)OC1(C)C. The minimum absolute atomic E-state index is 0.105. The molecule has 1 aromatic heterocycles. The maximum absolute atomic E-state index is 10.7. The zero-order valence-corrected chi connectivity index (χ0v) is 11.9. The monoisotopic (exact) mass is 249 g/mol. The molecule has 0 aliphatic carbocycles. The lowest BCUT2D eigenvalue weighted by molar-refractivity contribution is -0.0880. The Bertz CT molecular complexity index is 440. The van der Waals surface area contributed by atoms with Crippen LogP contribution < -0.4 is 0 Å². The Morgan fingerprint density at radius 1 is 1.39 bits per heavy atom. The number of ether oxygens (including phenoxy) is 1. The molecule has 18 heavy (non-hydrogen) atoms. The van der Waals surface area contributed by atoms with Gasteiger partial charge in [-0.1, -0.05) is 0 Å². The van der Waals surface area contributed by atoms with Crippen molar-refractivity contribution >= 4 is 0 Å². The van der Waals surface area contributed by atoms with Crippen LogP contribution in [0, 0.1) is 12.8 Å². The fourth-order valence-corrected chi connectivity index (χ4v) is 3.13. The van der Waals surface area contributed by atoms with Gasteiger partial charge in [-0.3, -0.25) is 4.98 Å². The van der Waals surface area contributed by atoms with E-state index in [-0.39, 0.29) is 17.1 Å². The first-order valence-electron chi connectivity index (χ1n) is 6.52. The van der Waals surface area contributed by atoms with Gasteiger partial charge in [0.05, 0.1) is 17.3 Å². The summed E-state index contributed by atoms with van der Waals surface area (Å²) < 4.78 is 6.06. The van der Waals surface area contributed by atoms with Gasteiger partial charge in [0.1, 0.15) is 0 Å². The third-order valence-electron chi connectivity index (χ3n) is 3.91. The second-order valence-corrected chi connectivity index (χ2v) is 6.45. The lowest BCUT2D eigenvalue weighted by atomic mass is 9.80. The third kappa shape index (κ3) is 2.43. The van der Waals surface area contributed by atoms with E-state index in [1.165, 1.54) is 0 Å². The standard InChI is InChI=1S/C15H23NO2/c1-10-9-16-7-6-11(10)13(17)12-8-14(2,3)18-15(12,4)5/h6-7,9,12-13,17H,8H2,1-5H3. The van der Waals surface area contributed by atoms with Crippen molar-refractivity contribution in [1.29, 1.82) is 0 Å². The number of hydrogen-bond acceptors (Lipinski definition) is 3. The number of aliphatic hydroxyl groups excluding tert-OH is 1. The molecule has 0 aromatic carbocycles. The van der Waals surface area contributed by atoms with Gasteiger partial charge in [0.2, 0.25) is 0 Å².